The molecule has 1 aromatic rings. The summed E-state index contributed by atoms with van der Waals surface area (Å²) in [7, 11) is 3.05. The standard InChI is InChI=1S/C14H21NO3/c1-4-5-6-7-10-8-11(17-2)13(14(15)16)12(9-10)18-3/h8-9H,4-7H2,1-3H3,(H2,15,16). The molecule has 1 amide bonds. The lowest BCUT2D eigenvalue weighted by Crippen LogP contribution is -2.14. The van der Waals surface area contributed by atoms with Gasteiger partial charge in [0.25, 0.3) is 5.91 Å². The summed E-state index contributed by atoms with van der Waals surface area (Å²) in [5.74, 6) is 0.422. The molecule has 100 valence electrons. The number of ether oxygens (including phenoxy) is 2. The predicted molar refractivity (Wildman–Crippen MR) is 71.3 cm³/mol. The molecule has 2 N–H and O–H groups in total. The maximum Gasteiger partial charge on any atom is 0.256 e. The van der Waals surface area contributed by atoms with Crippen molar-refractivity contribution in [3.05, 3.63) is 23.3 Å². The molecule has 0 aromatic heterocycles. The molecule has 1 rings (SSSR count). The molecule has 0 heterocycles. The molecule has 0 fully saturated rings. The van der Waals surface area contributed by atoms with Crippen molar-refractivity contribution in [1.82, 2.24) is 0 Å². The summed E-state index contributed by atoms with van der Waals surface area (Å²) < 4.78 is 10.4. The maximum atomic E-state index is 11.4. The van der Waals surface area contributed by atoms with Crippen LogP contribution in [0, 0.1) is 0 Å². The fourth-order valence-electron chi connectivity index (χ4n) is 1.93. The van der Waals surface area contributed by atoms with Crippen molar-refractivity contribution in [2.24, 2.45) is 5.73 Å². The molecular formula is C14H21NO3. The van der Waals surface area contributed by atoms with E-state index in [1.54, 1.807) is 0 Å². The van der Waals surface area contributed by atoms with E-state index < -0.39 is 5.91 Å². The average molecular weight is 251 g/mol. The number of hydrogen-bond donors (Lipinski definition) is 1. The molecule has 0 radical (unpaired) electrons. The number of nitrogens with two attached hydrogens (primary N) is 1. The second-order valence-electron chi connectivity index (χ2n) is 4.20. The Balaban J connectivity index is 3.06. The molecule has 0 aliphatic carbocycles. The Morgan fingerprint density at radius 2 is 1.72 bits per heavy atom. The van der Waals surface area contributed by atoms with Crippen LogP contribution >= 0.6 is 0 Å². The van der Waals surface area contributed by atoms with Crippen molar-refractivity contribution < 1.29 is 14.3 Å². The summed E-state index contributed by atoms with van der Waals surface area (Å²) in [5, 5.41) is 0. The Labute approximate surface area is 108 Å². The molecule has 0 unspecified atom stereocenters. The van der Waals surface area contributed by atoms with Crippen molar-refractivity contribution in [1.29, 1.82) is 0 Å². The van der Waals surface area contributed by atoms with Crippen LogP contribution < -0.4 is 15.2 Å². The zero-order valence-electron chi connectivity index (χ0n) is 11.3. The van der Waals surface area contributed by atoms with Crippen molar-refractivity contribution in [2.75, 3.05) is 14.2 Å². The molecule has 1 aromatic carbocycles. The molecule has 4 nitrogen and oxygen atoms in total. The fraction of sp³-hybridized carbons (Fsp3) is 0.500. The normalized spacial score (nSPS) is 10.2. The number of methoxy groups -OCH3 is 2. The van der Waals surface area contributed by atoms with Crippen LogP contribution in [0.25, 0.3) is 0 Å². The number of primary amides is 1. The van der Waals surface area contributed by atoms with Gasteiger partial charge in [0.05, 0.1) is 14.2 Å². The predicted octanol–water partition coefficient (Wildman–Crippen LogP) is 2.54. The van der Waals surface area contributed by atoms with Gasteiger partial charge in [0.15, 0.2) is 0 Å². The van der Waals surface area contributed by atoms with Gasteiger partial charge in [-0.2, -0.15) is 0 Å². The van der Waals surface area contributed by atoms with Crippen LogP contribution in [-0.2, 0) is 6.42 Å². The van der Waals surface area contributed by atoms with E-state index in [0.717, 1.165) is 18.4 Å². The van der Waals surface area contributed by atoms with Crippen LogP contribution in [0.2, 0.25) is 0 Å². The van der Waals surface area contributed by atoms with Gasteiger partial charge in [0.1, 0.15) is 17.1 Å². The number of amides is 1. The minimum absolute atomic E-state index is 0.305. The summed E-state index contributed by atoms with van der Waals surface area (Å²) in [6.45, 7) is 2.16. The quantitative estimate of drug-likeness (QED) is 0.757. The summed E-state index contributed by atoms with van der Waals surface area (Å²) in [6.07, 6.45) is 4.41. The van der Waals surface area contributed by atoms with Gasteiger partial charge in [0, 0.05) is 0 Å². The Kier molecular flexibility index (Phi) is 5.49. The Morgan fingerprint density at radius 3 is 2.11 bits per heavy atom. The second-order valence-corrected chi connectivity index (χ2v) is 4.20. The van der Waals surface area contributed by atoms with E-state index >= 15 is 0 Å². The second kappa shape index (κ2) is 6.89. The minimum Gasteiger partial charge on any atom is -0.496 e. The van der Waals surface area contributed by atoms with Gasteiger partial charge in [0.2, 0.25) is 0 Å². The number of carbonyl (C=O) groups is 1. The third-order valence-electron chi connectivity index (χ3n) is 2.88. The van der Waals surface area contributed by atoms with Crippen molar-refractivity contribution >= 4 is 5.91 Å². The van der Waals surface area contributed by atoms with E-state index in [-0.39, 0.29) is 0 Å². The number of benzene rings is 1. The Bertz CT molecular complexity index is 390. The molecule has 0 saturated carbocycles. The van der Waals surface area contributed by atoms with Gasteiger partial charge in [-0.1, -0.05) is 19.8 Å². The SMILES string of the molecule is CCCCCc1cc(OC)c(C(N)=O)c(OC)c1. The topological polar surface area (TPSA) is 61.5 Å². The van der Waals surface area contributed by atoms with E-state index in [4.69, 9.17) is 15.2 Å². The minimum atomic E-state index is -0.538. The maximum absolute atomic E-state index is 11.4. The van der Waals surface area contributed by atoms with Crippen molar-refractivity contribution in [2.45, 2.75) is 32.6 Å². The first kappa shape index (κ1) is 14.4. The average Bonchev–Trinajstić information content (AvgIpc) is 2.37. The lowest BCUT2D eigenvalue weighted by atomic mass is 10.0. The van der Waals surface area contributed by atoms with Gasteiger partial charge in [-0.05, 0) is 30.5 Å². The van der Waals surface area contributed by atoms with Crippen LogP contribution in [0.3, 0.4) is 0 Å². The smallest absolute Gasteiger partial charge is 0.256 e. The van der Waals surface area contributed by atoms with E-state index in [1.165, 1.54) is 27.1 Å². The Hall–Kier alpha value is -1.71. The first-order valence-corrected chi connectivity index (χ1v) is 6.18. The lowest BCUT2D eigenvalue weighted by Gasteiger charge is -2.13. The zero-order valence-corrected chi connectivity index (χ0v) is 11.3. The molecular weight excluding hydrogens is 230 g/mol. The van der Waals surface area contributed by atoms with Crippen LogP contribution in [0.4, 0.5) is 0 Å². The summed E-state index contributed by atoms with van der Waals surface area (Å²) >= 11 is 0. The number of aryl methyl sites for hydroxylation is 1. The Morgan fingerprint density at radius 1 is 1.17 bits per heavy atom. The third kappa shape index (κ3) is 3.39. The number of unbranched alkanes of at least 4 members (excludes halogenated alkanes) is 2. The van der Waals surface area contributed by atoms with Gasteiger partial charge in [-0.25, -0.2) is 0 Å². The van der Waals surface area contributed by atoms with E-state index in [2.05, 4.69) is 6.92 Å². The highest BCUT2D eigenvalue weighted by Gasteiger charge is 2.17. The highest BCUT2D eigenvalue weighted by atomic mass is 16.5. The zero-order chi connectivity index (χ0) is 13.5. The molecule has 0 atom stereocenters. The molecule has 0 saturated heterocycles. The number of hydrogen-bond acceptors (Lipinski definition) is 3. The number of carbonyl (C=O) groups excluding carboxylic acids is 1. The van der Waals surface area contributed by atoms with E-state index in [1.807, 2.05) is 12.1 Å². The summed E-state index contributed by atoms with van der Waals surface area (Å²) in [5.41, 5.74) is 6.74. The molecule has 18 heavy (non-hydrogen) atoms. The van der Waals surface area contributed by atoms with Crippen LogP contribution in [0.15, 0.2) is 12.1 Å². The highest BCUT2D eigenvalue weighted by Crippen LogP contribution is 2.30. The molecule has 0 spiro atoms. The summed E-state index contributed by atoms with van der Waals surface area (Å²) in [6, 6.07) is 3.72. The first-order chi connectivity index (χ1) is 8.63. The largest absolute Gasteiger partial charge is 0.496 e. The highest BCUT2D eigenvalue weighted by molar-refractivity contribution is 5.98. The first-order valence-electron chi connectivity index (χ1n) is 6.18. The molecule has 0 aliphatic rings. The fourth-order valence-corrected chi connectivity index (χ4v) is 1.93. The number of rotatable bonds is 7. The van der Waals surface area contributed by atoms with Gasteiger partial charge < -0.3 is 15.2 Å². The van der Waals surface area contributed by atoms with Gasteiger partial charge >= 0.3 is 0 Å². The van der Waals surface area contributed by atoms with Gasteiger partial charge in [-0.15, -0.1) is 0 Å². The molecule has 0 bridgehead atoms. The van der Waals surface area contributed by atoms with E-state index in [9.17, 15) is 4.79 Å². The molecule has 0 aliphatic heterocycles. The van der Waals surface area contributed by atoms with Crippen LogP contribution in [0.1, 0.15) is 42.1 Å². The third-order valence-corrected chi connectivity index (χ3v) is 2.88. The van der Waals surface area contributed by atoms with E-state index in [0.29, 0.717) is 17.1 Å². The van der Waals surface area contributed by atoms with Crippen LogP contribution in [-0.4, -0.2) is 20.1 Å². The lowest BCUT2D eigenvalue weighted by molar-refractivity contribution is 0.0994. The summed E-state index contributed by atoms with van der Waals surface area (Å²) in [4.78, 5) is 11.4. The monoisotopic (exact) mass is 251 g/mol. The van der Waals surface area contributed by atoms with Crippen molar-refractivity contribution in [3.63, 3.8) is 0 Å². The van der Waals surface area contributed by atoms with Crippen molar-refractivity contribution in [3.8, 4) is 11.5 Å². The van der Waals surface area contributed by atoms with Gasteiger partial charge in [-0.3, -0.25) is 4.79 Å². The van der Waals surface area contributed by atoms with Crippen LogP contribution in [0.5, 0.6) is 11.5 Å². The molecule has 4 heteroatoms.